The van der Waals surface area contributed by atoms with Crippen LogP contribution in [0.5, 0.6) is 5.75 Å². The Balaban J connectivity index is 2.08. The molecule has 2 atom stereocenters. The van der Waals surface area contributed by atoms with Crippen LogP contribution in [-0.2, 0) is 4.79 Å². The van der Waals surface area contributed by atoms with E-state index in [4.69, 9.17) is 16.3 Å². The summed E-state index contributed by atoms with van der Waals surface area (Å²) in [7, 11) is 0. The first-order chi connectivity index (χ1) is 12.8. The van der Waals surface area contributed by atoms with E-state index in [9.17, 15) is 9.59 Å². The molecule has 6 heteroatoms. The van der Waals surface area contributed by atoms with Gasteiger partial charge in [0.05, 0.1) is 11.3 Å². The first-order valence-corrected chi connectivity index (χ1v) is 9.33. The van der Waals surface area contributed by atoms with Crippen LogP contribution in [0, 0.1) is 6.92 Å². The minimum Gasteiger partial charge on any atom is -0.481 e. The van der Waals surface area contributed by atoms with E-state index in [-0.39, 0.29) is 17.9 Å². The van der Waals surface area contributed by atoms with Crippen molar-refractivity contribution < 1.29 is 14.3 Å². The molecule has 2 N–H and O–H groups in total. The maximum Gasteiger partial charge on any atom is 0.265 e. The first-order valence-electron chi connectivity index (χ1n) is 8.95. The van der Waals surface area contributed by atoms with Gasteiger partial charge in [-0.3, -0.25) is 9.59 Å². The van der Waals surface area contributed by atoms with Crippen molar-refractivity contribution in [2.75, 3.05) is 5.32 Å². The normalized spacial score (nSPS) is 12.8. The number of rotatable bonds is 7. The Morgan fingerprint density at radius 1 is 1.15 bits per heavy atom. The maximum absolute atomic E-state index is 12.5. The molecule has 0 aliphatic rings. The number of para-hydroxylation sites is 1. The lowest BCUT2D eigenvalue weighted by Gasteiger charge is -2.18. The second-order valence-electron chi connectivity index (χ2n) is 6.49. The van der Waals surface area contributed by atoms with Gasteiger partial charge in [0, 0.05) is 11.1 Å². The molecule has 0 saturated carbocycles. The minimum atomic E-state index is -0.740. The smallest absolute Gasteiger partial charge is 0.265 e. The molecule has 2 rings (SSSR count). The number of hydrogen-bond acceptors (Lipinski definition) is 3. The first kappa shape index (κ1) is 20.8. The van der Waals surface area contributed by atoms with Gasteiger partial charge in [-0.05, 0) is 63.1 Å². The zero-order valence-electron chi connectivity index (χ0n) is 16.0. The van der Waals surface area contributed by atoms with Crippen molar-refractivity contribution in [1.29, 1.82) is 0 Å². The summed E-state index contributed by atoms with van der Waals surface area (Å²) in [6.45, 7) is 7.45. The highest BCUT2D eigenvalue weighted by Gasteiger charge is 2.19. The van der Waals surface area contributed by atoms with Gasteiger partial charge in [-0.25, -0.2) is 0 Å². The Bertz CT molecular complexity index is 823. The molecule has 5 nitrogen and oxygen atoms in total. The van der Waals surface area contributed by atoms with E-state index in [0.717, 1.165) is 12.0 Å². The van der Waals surface area contributed by atoms with Crippen LogP contribution in [-0.4, -0.2) is 24.0 Å². The van der Waals surface area contributed by atoms with Gasteiger partial charge in [-0.15, -0.1) is 0 Å². The molecule has 2 amide bonds. The Hall–Kier alpha value is -2.53. The van der Waals surface area contributed by atoms with Crippen molar-refractivity contribution in [1.82, 2.24) is 5.32 Å². The third kappa shape index (κ3) is 5.73. The fraction of sp³-hybridized carbons (Fsp3) is 0.333. The van der Waals surface area contributed by atoms with Gasteiger partial charge in [0.15, 0.2) is 6.10 Å². The Morgan fingerprint density at radius 2 is 1.85 bits per heavy atom. The number of ether oxygens (including phenoxy) is 1. The Labute approximate surface area is 165 Å². The molecular formula is C21H25ClN2O3. The summed E-state index contributed by atoms with van der Waals surface area (Å²) in [5.74, 6) is -0.00381. The molecule has 0 saturated heterocycles. The molecule has 2 aromatic rings. The van der Waals surface area contributed by atoms with Crippen molar-refractivity contribution in [3.63, 3.8) is 0 Å². The number of halogens is 1. The zero-order chi connectivity index (χ0) is 20.0. The summed E-state index contributed by atoms with van der Waals surface area (Å²) in [5.41, 5.74) is 1.74. The van der Waals surface area contributed by atoms with E-state index >= 15 is 0 Å². The molecule has 0 aliphatic heterocycles. The van der Waals surface area contributed by atoms with Crippen molar-refractivity contribution in [3.8, 4) is 5.75 Å². The molecule has 0 spiro atoms. The van der Waals surface area contributed by atoms with Crippen molar-refractivity contribution >= 4 is 29.1 Å². The summed E-state index contributed by atoms with van der Waals surface area (Å²) in [6.07, 6.45) is 0.0855. The highest BCUT2D eigenvalue weighted by molar-refractivity contribution is 6.31. The zero-order valence-corrected chi connectivity index (χ0v) is 16.8. The van der Waals surface area contributed by atoms with Crippen molar-refractivity contribution in [3.05, 3.63) is 58.6 Å². The molecule has 144 valence electrons. The lowest BCUT2D eigenvalue weighted by molar-refractivity contribution is -0.122. The average Bonchev–Trinajstić information content (AvgIpc) is 2.64. The summed E-state index contributed by atoms with van der Waals surface area (Å²) < 4.78 is 5.70. The molecule has 0 heterocycles. The Morgan fingerprint density at radius 3 is 2.52 bits per heavy atom. The van der Waals surface area contributed by atoms with Gasteiger partial charge < -0.3 is 15.4 Å². The van der Waals surface area contributed by atoms with Gasteiger partial charge in [0.2, 0.25) is 0 Å². The lowest BCUT2D eigenvalue weighted by Crippen LogP contribution is -2.34. The summed E-state index contributed by atoms with van der Waals surface area (Å²) in [5, 5.41) is 6.32. The third-order valence-corrected chi connectivity index (χ3v) is 4.66. The second-order valence-corrected chi connectivity index (χ2v) is 6.90. The van der Waals surface area contributed by atoms with Crippen molar-refractivity contribution in [2.24, 2.45) is 0 Å². The van der Waals surface area contributed by atoms with E-state index in [1.54, 1.807) is 49.4 Å². The fourth-order valence-corrected chi connectivity index (χ4v) is 2.49. The largest absolute Gasteiger partial charge is 0.481 e. The number of aryl methyl sites for hydroxylation is 1. The molecule has 0 aliphatic carbocycles. The number of benzene rings is 2. The van der Waals surface area contributed by atoms with Crippen LogP contribution in [0.25, 0.3) is 0 Å². The van der Waals surface area contributed by atoms with Gasteiger partial charge in [0.1, 0.15) is 5.75 Å². The van der Waals surface area contributed by atoms with Crippen LogP contribution in [0.15, 0.2) is 42.5 Å². The molecule has 0 radical (unpaired) electrons. The monoisotopic (exact) mass is 388 g/mol. The van der Waals surface area contributed by atoms with Gasteiger partial charge in [-0.2, -0.15) is 0 Å². The van der Waals surface area contributed by atoms with E-state index in [0.29, 0.717) is 22.0 Å². The van der Waals surface area contributed by atoms with Crippen molar-refractivity contribution in [2.45, 2.75) is 46.3 Å². The molecule has 27 heavy (non-hydrogen) atoms. The second kappa shape index (κ2) is 9.42. The van der Waals surface area contributed by atoms with Gasteiger partial charge in [0.25, 0.3) is 11.8 Å². The summed E-state index contributed by atoms with van der Waals surface area (Å²) in [6, 6.07) is 12.2. The van der Waals surface area contributed by atoms with Crippen LogP contribution in [0.4, 0.5) is 5.69 Å². The van der Waals surface area contributed by atoms with Crippen LogP contribution in [0.2, 0.25) is 5.02 Å². The maximum atomic E-state index is 12.5. The molecular weight excluding hydrogens is 364 g/mol. The molecule has 0 unspecified atom stereocenters. The predicted molar refractivity (Wildman–Crippen MR) is 109 cm³/mol. The minimum absolute atomic E-state index is 0.0525. The van der Waals surface area contributed by atoms with Crippen LogP contribution < -0.4 is 15.4 Å². The number of nitrogens with one attached hydrogen (secondary N) is 2. The van der Waals surface area contributed by atoms with Crippen LogP contribution in [0.1, 0.15) is 43.1 Å². The van der Waals surface area contributed by atoms with Gasteiger partial charge >= 0.3 is 0 Å². The van der Waals surface area contributed by atoms with Crippen LogP contribution >= 0.6 is 11.6 Å². The van der Waals surface area contributed by atoms with E-state index in [1.807, 2.05) is 20.8 Å². The molecule has 0 bridgehead atoms. The predicted octanol–water partition coefficient (Wildman–Crippen LogP) is 4.58. The van der Waals surface area contributed by atoms with E-state index in [1.165, 1.54) is 0 Å². The third-order valence-electron chi connectivity index (χ3n) is 4.23. The quantitative estimate of drug-likeness (QED) is 0.729. The van der Waals surface area contributed by atoms with Gasteiger partial charge in [-0.1, -0.05) is 30.7 Å². The Kier molecular flexibility index (Phi) is 7.25. The summed E-state index contributed by atoms with van der Waals surface area (Å²) >= 11 is 6.01. The highest BCUT2D eigenvalue weighted by atomic mass is 35.5. The lowest BCUT2D eigenvalue weighted by atomic mass is 10.1. The van der Waals surface area contributed by atoms with E-state index in [2.05, 4.69) is 10.6 Å². The van der Waals surface area contributed by atoms with E-state index < -0.39 is 6.10 Å². The number of amides is 2. The molecule has 0 aromatic heterocycles. The average molecular weight is 389 g/mol. The molecule has 2 aromatic carbocycles. The number of anilines is 1. The SMILES string of the molecule is CC[C@@H](C)NC(=O)c1ccccc1NC(=O)[C@H](C)Oc1ccc(Cl)c(C)c1. The fourth-order valence-electron chi connectivity index (χ4n) is 2.38. The number of carbonyl (C=O) groups is 2. The topological polar surface area (TPSA) is 67.4 Å². The standard InChI is InChI=1S/C21H25ClN2O3/c1-5-14(3)23-21(26)17-8-6-7-9-19(17)24-20(25)15(4)27-16-10-11-18(22)13(2)12-16/h6-12,14-15H,5H2,1-4H3,(H,23,26)(H,24,25)/t14-,15+/m1/s1. The highest BCUT2D eigenvalue weighted by Crippen LogP contribution is 2.22. The summed E-state index contributed by atoms with van der Waals surface area (Å²) in [4.78, 5) is 25.0. The number of hydrogen-bond donors (Lipinski definition) is 2. The van der Waals surface area contributed by atoms with Crippen LogP contribution in [0.3, 0.4) is 0 Å². The number of carbonyl (C=O) groups excluding carboxylic acids is 2. The molecule has 0 fully saturated rings.